The van der Waals surface area contributed by atoms with Gasteiger partial charge in [0.25, 0.3) is 5.56 Å². The summed E-state index contributed by atoms with van der Waals surface area (Å²) in [7, 11) is -10.1. The monoisotopic (exact) mass is 695 g/mol. The Hall–Kier alpha value is -3.79. The van der Waals surface area contributed by atoms with Crippen molar-refractivity contribution in [3.8, 4) is 0 Å². The number of nitrogens with zero attached hydrogens (tertiary/aromatic N) is 8. The molecule has 5 aromatic rings. The summed E-state index contributed by atoms with van der Waals surface area (Å²) < 4.78 is 63.6. The Labute approximate surface area is 260 Å². The number of nitrogens with one attached hydrogen (secondary N) is 1. The summed E-state index contributed by atoms with van der Waals surface area (Å²) in [6.07, 6.45) is -1.73. The Morgan fingerprint density at radius 1 is 0.830 bits per heavy atom. The van der Waals surface area contributed by atoms with Gasteiger partial charge in [0, 0.05) is 12.4 Å². The average Bonchev–Trinajstić information content (AvgIpc) is 3.85. The van der Waals surface area contributed by atoms with Gasteiger partial charge in [0.05, 0.1) is 38.1 Å². The van der Waals surface area contributed by atoms with Crippen molar-refractivity contribution in [3.63, 3.8) is 0 Å². The molecule has 248 valence electrons. The molecule has 0 spiro atoms. The maximum atomic E-state index is 13.2. The zero-order valence-electron chi connectivity index (χ0n) is 23.5. The number of phosphoric ester groups is 2. The van der Waals surface area contributed by atoms with E-state index in [1.165, 1.54) is 21.8 Å². The average molecular weight is 695 g/mol. The standard InChI is InChI=1S/C23H23N9O13P2/c33-3-10-16-11(42-22(10)31-8-27-13-18-24-1-2-30(18)7-29-19(13)31)4-40-47(38,39)45-17-12(5-41-46(36,37)44-16)43-23(15(17)34)32-9-28-14-20(32)25-6-26-21(14)35/h1-3,6-12,15-17,22-23,34H,4-5H2,(H,36,37)(H,38,39)(H,25,26,35)/t10-,11-,12-,15-,16+,17-,22-,23-/m1/s1. The molecule has 8 rings (SSSR count). The van der Waals surface area contributed by atoms with Gasteiger partial charge < -0.3 is 34.1 Å². The molecule has 3 fully saturated rings. The molecule has 0 bridgehead atoms. The van der Waals surface area contributed by atoms with Gasteiger partial charge in [0.15, 0.2) is 34.2 Å². The normalized spacial score (nSPS) is 36.7. The van der Waals surface area contributed by atoms with E-state index in [1.54, 1.807) is 16.8 Å². The van der Waals surface area contributed by atoms with Gasteiger partial charge in [0.1, 0.15) is 49.4 Å². The molecule has 5 aromatic heterocycles. The molecule has 0 amide bonds. The van der Waals surface area contributed by atoms with E-state index in [9.17, 15) is 33.6 Å². The molecule has 0 radical (unpaired) electrons. The number of hydrogen-bond acceptors (Lipinski definition) is 16. The number of aliphatic hydroxyl groups is 1. The Morgan fingerprint density at radius 3 is 2.21 bits per heavy atom. The summed E-state index contributed by atoms with van der Waals surface area (Å²) in [4.78, 5) is 69.3. The molecule has 3 aliphatic rings. The molecule has 0 saturated carbocycles. The van der Waals surface area contributed by atoms with E-state index >= 15 is 0 Å². The SMILES string of the molecule is O=C[C@@H]1[C@@H]2OP(=O)(O)OC[C@H]3O[C@@H](n4cnc5c(=O)[nH]cnc54)[C@H](O)[C@@H]3OP(=O)(O)OC[C@H]2O[C@H]1n1cnc2c1ncn1ccnc21. The highest BCUT2D eigenvalue weighted by molar-refractivity contribution is 7.47. The summed E-state index contributed by atoms with van der Waals surface area (Å²) in [5.74, 6) is -1.29. The predicted molar refractivity (Wildman–Crippen MR) is 149 cm³/mol. The van der Waals surface area contributed by atoms with E-state index in [2.05, 4.69) is 29.9 Å². The number of aromatic amines is 1. The van der Waals surface area contributed by atoms with Crippen molar-refractivity contribution in [2.45, 2.75) is 43.0 Å². The van der Waals surface area contributed by atoms with Crippen LogP contribution in [-0.2, 0) is 41.5 Å². The molecule has 4 N–H and O–H groups in total. The van der Waals surface area contributed by atoms with Gasteiger partial charge >= 0.3 is 15.6 Å². The fourth-order valence-electron chi connectivity index (χ4n) is 5.92. The van der Waals surface area contributed by atoms with Gasteiger partial charge in [-0.25, -0.2) is 34.0 Å². The van der Waals surface area contributed by atoms with Crippen LogP contribution in [0.25, 0.3) is 28.0 Å². The third-order valence-corrected chi connectivity index (χ3v) is 10.0. The lowest BCUT2D eigenvalue weighted by molar-refractivity contribution is -0.115. The van der Waals surface area contributed by atoms with Gasteiger partial charge in [-0.05, 0) is 0 Å². The third kappa shape index (κ3) is 5.14. The van der Waals surface area contributed by atoms with Crippen LogP contribution >= 0.6 is 15.6 Å². The van der Waals surface area contributed by atoms with Crippen molar-refractivity contribution >= 4 is 49.9 Å². The second kappa shape index (κ2) is 11.1. The van der Waals surface area contributed by atoms with Crippen LogP contribution in [0.4, 0.5) is 0 Å². The summed E-state index contributed by atoms with van der Waals surface area (Å²) in [5, 5.41) is 11.1. The van der Waals surface area contributed by atoms with Crippen LogP contribution in [0.2, 0.25) is 0 Å². The van der Waals surface area contributed by atoms with Gasteiger partial charge in [-0.15, -0.1) is 0 Å². The Morgan fingerprint density at radius 2 is 1.47 bits per heavy atom. The maximum Gasteiger partial charge on any atom is 0.472 e. The number of imidazole rings is 3. The fraction of sp³-hybridized carbons (Fsp3) is 0.435. The minimum Gasteiger partial charge on any atom is -0.386 e. The van der Waals surface area contributed by atoms with Crippen LogP contribution < -0.4 is 5.56 Å². The van der Waals surface area contributed by atoms with Crippen LogP contribution in [0.1, 0.15) is 12.5 Å². The third-order valence-electron chi connectivity index (χ3n) is 8.04. The number of phosphoric acid groups is 2. The van der Waals surface area contributed by atoms with Crippen LogP contribution in [0.15, 0.2) is 42.5 Å². The maximum absolute atomic E-state index is 13.2. The summed E-state index contributed by atoms with van der Waals surface area (Å²) in [5.41, 5.74) is 0.445. The predicted octanol–water partition coefficient (Wildman–Crippen LogP) is -0.799. The molecule has 2 unspecified atom stereocenters. The number of aromatic nitrogens is 9. The highest BCUT2D eigenvalue weighted by Gasteiger charge is 2.54. The quantitative estimate of drug-likeness (QED) is 0.133. The Bertz CT molecular complexity index is 2170. The number of carbonyl (C=O) groups is 1. The zero-order chi connectivity index (χ0) is 32.7. The number of ether oxygens (including phenoxy) is 2. The van der Waals surface area contributed by atoms with Gasteiger partial charge in [-0.1, -0.05) is 0 Å². The number of rotatable bonds is 3. The summed E-state index contributed by atoms with van der Waals surface area (Å²) >= 11 is 0. The van der Waals surface area contributed by atoms with E-state index in [0.717, 1.165) is 12.7 Å². The van der Waals surface area contributed by atoms with Crippen LogP contribution in [0, 0.1) is 5.92 Å². The first kappa shape index (κ1) is 30.5. The number of aliphatic hydroxyl groups excluding tert-OH is 1. The van der Waals surface area contributed by atoms with Crippen molar-refractivity contribution in [2.24, 2.45) is 5.92 Å². The minimum absolute atomic E-state index is 0.00475. The summed E-state index contributed by atoms with van der Waals surface area (Å²) in [6, 6.07) is 0. The number of fused-ring (bicyclic) bond motifs is 6. The van der Waals surface area contributed by atoms with E-state index < -0.39 is 83.3 Å². The molecule has 0 aromatic carbocycles. The van der Waals surface area contributed by atoms with Gasteiger partial charge in [0.2, 0.25) is 0 Å². The molecule has 0 aliphatic carbocycles. The van der Waals surface area contributed by atoms with Crippen molar-refractivity contribution in [1.29, 1.82) is 0 Å². The lowest BCUT2D eigenvalue weighted by Crippen LogP contribution is -2.38. The Kier molecular flexibility index (Phi) is 7.24. The number of H-pyrrole nitrogens is 1. The molecular formula is C23H23N9O13P2. The topological polar surface area (TPSA) is 279 Å². The van der Waals surface area contributed by atoms with Crippen molar-refractivity contribution in [1.82, 2.24) is 43.4 Å². The fourth-order valence-corrected chi connectivity index (χ4v) is 7.87. The molecule has 3 saturated heterocycles. The molecular weight excluding hydrogens is 672 g/mol. The number of hydrogen-bond donors (Lipinski definition) is 4. The molecule has 24 heteroatoms. The first-order valence-electron chi connectivity index (χ1n) is 13.8. The highest BCUT2D eigenvalue weighted by Crippen LogP contribution is 2.54. The molecule has 3 aliphatic heterocycles. The number of aldehydes is 1. The van der Waals surface area contributed by atoms with E-state index in [-0.39, 0.29) is 16.8 Å². The molecule has 47 heavy (non-hydrogen) atoms. The lowest BCUT2D eigenvalue weighted by atomic mass is 10.0. The van der Waals surface area contributed by atoms with E-state index in [0.29, 0.717) is 17.5 Å². The molecule has 8 heterocycles. The Balaban J connectivity index is 1.09. The second-order valence-corrected chi connectivity index (χ2v) is 13.6. The number of carbonyl (C=O) groups excluding carboxylic acids is 1. The smallest absolute Gasteiger partial charge is 0.386 e. The van der Waals surface area contributed by atoms with Gasteiger partial charge in [-0.3, -0.25) is 36.4 Å². The molecule has 22 nitrogen and oxygen atoms in total. The van der Waals surface area contributed by atoms with E-state index in [1.807, 2.05) is 0 Å². The van der Waals surface area contributed by atoms with Crippen LogP contribution in [0.3, 0.4) is 0 Å². The second-order valence-electron chi connectivity index (χ2n) is 10.8. The zero-order valence-corrected chi connectivity index (χ0v) is 25.3. The first-order valence-corrected chi connectivity index (χ1v) is 16.8. The van der Waals surface area contributed by atoms with Crippen molar-refractivity contribution in [2.75, 3.05) is 13.2 Å². The van der Waals surface area contributed by atoms with E-state index in [4.69, 9.17) is 27.6 Å². The van der Waals surface area contributed by atoms with Gasteiger partial charge in [-0.2, -0.15) is 0 Å². The molecule has 10 atom stereocenters. The van der Waals surface area contributed by atoms with Crippen LogP contribution in [-0.4, -0.2) is 108 Å². The highest BCUT2D eigenvalue weighted by atomic mass is 31.2. The minimum atomic E-state index is -5.04. The summed E-state index contributed by atoms with van der Waals surface area (Å²) in [6.45, 7) is -1.59. The first-order chi connectivity index (χ1) is 22.5. The van der Waals surface area contributed by atoms with Crippen molar-refractivity contribution in [3.05, 3.63) is 48.1 Å². The van der Waals surface area contributed by atoms with Crippen LogP contribution in [0.5, 0.6) is 0 Å². The van der Waals surface area contributed by atoms with Crippen molar-refractivity contribution < 1.29 is 56.4 Å². The lowest BCUT2D eigenvalue weighted by Gasteiger charge is -2.28. The largest absolute Gasteiger partial charge is 0.472 e.